The van der Waals surface area contributed by atoms with Crippen LogP contribution in [0.15, 0.2) is 39.6 Å². The summed E-state index contributed by atoms with van der Waals surface area (Å²) in [7, 11) is 0. The zero-order chi connectivity index (χ0) is 25.2. The number of anilines is 1. The fourth-order valence-corrected chi connectivity index (χ4v) is 4.58. The Balaban J connectivity index is 1.92. The second-order valence-corrected chi connectivity index (χ2v) is 10.2. The topological polar surface area (TPSA) is 77.8 Å². The van der Waals surface area contributed by atoms with Gasteiger partial charge in [-0.25, -0.2) is 19.6 Å². The van der Waals surface area contributed by atoms with Crippen molar-refractivity contribution in [3.63, 3.8) is 0 Å². The number of piperidine rings is 1. The minimum atomic E-state index is -0.569. The van der Waals surface area contributed by atoms with Gasteiger partial charge < -0.3 is 9.64 Å². The van der Waals surface area contributed by atoms with Crippen LogP contribution >= 0.6 is 23.2 Å². The van der Waals surface area contributed by atoms with Crippen molar-refractivity contribution in [3.8, 4) is 0 Å². The first kappa shape index (κ1) is 26.0. The standard InChI is InChI=1S/C24H31Cl2N5O3/c1-15-8-7-9-18(25)19(15)30-14-16(2)20(28-21(26)27-6)31(22(30)32)17-10-12-29(13-11-17)23(33)34-24(3,4)5/h7-9,17H,6,10-14H2,1-5H3/b28-21-. The lowest BCUT2D eigenvalue weighted by Crippen LogP contribution is -2.55. The number of halogens is 2. The Hall–Kier alpha value is -2.58. The molecule has 8 nitrogen and oxygen atoms in total. The van der Waals surface area contributed by atoms with Gasteiger partial charge in [-0.1, -0.05) is 23.7 Å². The molecule has 0 unspecified atom stereocenters. The molecule has 3 rings (SSSR count). The van der Waals surface area contributed by atoms with Crippen molar-refractivity contribution in [1.29, 1.82) is 0 Å². The molecule has 184 valence electrons. The minimum absolute atomic E-state index is 0.0410. The number of amides is 3. The van der Waals surface area contributed by atoms with Crippen LogP contribution in [0.3, 0.4) is 0 Å². The van der Waals surface area contributed by atoms with Crippen LogP contribution < -0.4 is 4.90 Å². The monoisotopic (exact) mass is 507 g/mol. The quantitative estimate of drug-likeness (QED) is 0.293. The van der Waals surface area contributed by atoms with E-state index in [1.54, 1.807) is 20.8 Å². The van der Waals surface area contributed by atoms with E-state index in [-0.39, 0.29) is 23.5 Å². The number of carbonyl (C=O) groups is 2. The molecule has 34 heavy (non-hydrogen) atoms. The summed E-state index contributed by atoms with van der Waals surface area (Å²) in [5, 5.41) is 0.458. The van der Waals surface area contributed by atoms with Crippen LogP contribution in [0.4, 0.5) is 15.3 Å². The van der Waals surface area contributed by atoms with E-state index < -0.39 is 5.60 Å². The van der Waals surface area contributed by atoms with E-state index in [1.165, 1.54) is 0 Å². The molecule has 1 aromatic rings. The zero-order valence-electron chi connectivity index (χ0n) is 20.3. The number of ether oxygens (including phenoxy) is 1. The van der Waals surface area contributed by atoms with Crippen molar-refractivity contribution in [2.45, 2.75) is 59.1 Å². The minimum Gasteiger partial charge on any atom is -0.444 e. The van der Waals surface area contributed by atoms with Crippen molar-refractivity contribution in [1.82, 2.24) is 9.80 Å². The molecule has 3 amide bonds. The molecule has 1 fully saturated rings. The van der Waals surface area contributed by atoms with Gasteiger partial charge in [-0.05, 0) is 83.0 Å². The Morgan fingerprint density at radius 1 is 1.21 bits per heavy atom. The smallest absolute Gasteiger partial charge is 0.410 e. The van der Waals surface area contributed by atoms with E-state index in [0.717, 1.165) is 11.1 Å². The Morgan fingerprint density at radius 3 is 2.41 bits per heavy atom. The first-order chi connectivity index (χ1) is 15.9. The number of benzene rings is 1. The summed E-state index contributed by atoms with van der Waals surface area (Å²) in [6, 6.07) is 5.10. The summed E-state index contributed by atoms with van der Waals surface area (Å²) < 4.78 is 5.50. The molecule has 0 aromatic heterocycles. The normalized spacial score (nSPS) is 18.5. The van der Waals surface area contributed by atoms with Gasteiger partial charge in [0.15, 0.2) is 0 Å². The number of aryl methyl sites for hydroxylation is 1. The van der Waals surface area contributed by atoms with Crippen molar-refractivity contribution in [2.75, 3.05) is 24.5 Å². The Labute approximate surface area is 210 Å². The molecule has 0 spiro atoms. The van der Waals surface area contributed by atoms with Gasteiger partial charge >= 0.3 is 12.1 Å². The second kappa shape index (κ2) is 10.4. The largest absolute Gasteiger partial charge is 0.444 e. The number of likely N-dealkylation sites (tertiary alicyclic amines) is 1. The van der Waals surface area contributed by atoms with E-state index in [1.807, 2.05) is 46.8 Å². The highest BCUT2D eigenvalue weighted by Crippen LogP contribution is 2.36. The zero-order valence-corrected chi connectivity index (χ0v) is 21.8. The maximum atomic E-state index is 13.9. The molecule has 0 bridgehead atoms. The fourth-order valence-electron chi connectivity index (χ4n) is 4.18. The predicted molar refractivity (Wildman–Crippen MR) is 137 cm³/mol. The molecule has 2 heterocycles. The molecule has 1 saturated heterocycles. The second-order valence-electron chi connectivity index (χ2n) is 9.49. The summed E-state index contributed by atoms with van der Waals surface area (Å²) in [5.41, 5.74) is 1.84. The number of hydrogen-bond acceptors (Lipinski definition) is 4. The number of rotatable bonds is 3. The van der Waals surface area contributed by atoms with Gasteiger partial charge in [-0.3, -0.25) is 9.80 Å². The summed E-state index contributed by atoms with van der Waals surface area (Å²) >= 11 is 12.6. The van der Waals surface area contributed by atoms with E-state index in [0.29, 0.717) is 49.0 Å². The van der Waals surface area contributed by atoms with Crippen LogP contribution in [0.5, 0.6) is 0 Å². The summed E-state index contributed by atoms with van der Waals surface area (Å²) in [5.74, 6) is 0.457. The summed E-state index contributed by atoms with van der Waals surface area (Å²) in [6.07, 6.45) is 0.769. The molecule has 10 heteroatoms. The SMILES string of the molecule is C=N/C(Cl)=N\C1=C(C)CN(c2c(C)cccc2Cl)C(=O)N1C1CCN(C(=O)OC(C)(C)C)CC1. The van der Waals surface area contributed by atoms with Gasteiger partial charge in [0.05, 0.1) is 17.3 Å². The number of para-hydroxylation sites is 1. The van der Waals surface area contributed by atoms with Crippen LogP contribution in [0.2, 0.25) is 5.02 Å². The maximum absolute atomic E-state index is 13.9. The third-order valence-corrected chi connectivity index (χ3v) is 6.22. The van der Waals surface area contributed by atoms with Crippen LogP contribution in [-0.2, 0) is 4.74 Å². The lowest BCUT2D eigenvalue weighted by Gasteiger charge is -2.44. The van der Waals surface area contributed by atoms with Crippen molar-refractivity contribution >= 4 is 53.0 Å². The predicted octanol–water partition coefficient (Wildman–Crippen LogP) is 5.82. The summed E-state index contributed by atoms with van der Waals surface area (Å²) in [6.45, 7) is 14.0. The Morgan fingerprint density at radius 2 is 1.85 bits per heavy atom. The van der Waals surface area contributed by atoms with Gasteiger partial charge in [0, 0.05) is 19.1 Å². The lowest BCUT2D eigenvalue weighted by atomic mass is 10.0. The molecule has 2 aliphatic rings. The number of amidine groups is 1. The van der Waals surface area contributed by atoms with Crippen LogP contribution in [0.1, 0.15) is 46.1 Å². The molecule has 0 N–H and O–H groups in total. The fraction of sp³-hybridized carbons (Fsp3) is 0.500. The van der Waals surface area contributed by atoms with E-state index >= 15 is 0 Å². The molecule has 1 aromatic carbocycles. The molecule has 0 atom stereocenters. The summed E-state index contributed by atoms with van der Waals surface area (Å²) in [4.78, 5) is 39.4. The van der Waals surface area contributed by atoms with Gasteiger partial charge in [-0.15, -0.1) is 0 Å². The third-order valence-electron chi connectivity index (χ3n) is 5.71. The van der Waals surface area contributed by atoms with E-state index in [9.17, 15) is 9.59 Å². The van der Waals surface area contributed by atoms with Crippen molar-refractivity contribution in [3.05, 3.63) is 40.2 Å². The van der Waals surface area contributed by atoms with Crippen LogP contribution in [-0.4, -0.2) is 65.2 Å². The first-order valence-corrected chi connectivity index (χ1v) is 11.9. The van der Waals surface area contributed by atoms with E-state index in [2.05, 4.69) is 16.7 Å². The average molecular weight is 508 g/mol. The number of nitrogens with zero attached hydrogens (tertiary/aromatic N) is 5. The molecule has 2 aliphatic heterocycles. The van der Waals surface area contributed by atoms with E-state index in [4.69, 9.17) is 27.9 Å². The van der Waals surface area contributed by atoms with Gasteiger partial charge in [-0.2, -0.15) is 0 Å². The Bertz CT molecular complexity index is 1020. The van der Waals surface area contributed by atoms with Crippen LogP contribution in [0.25, 0.3) is 0 Å². The molecule has 0 aliphatic carbocycles. The maximum Gasteiger partial charge on any atom is 0.410 e. The number of hydrogen-bond donors (Lipinski definition) is 0. The Kier molecular flexibility index (Phi) is 7.93. The number of aliphatic imine (C=N–C) groups is 2. The highest BCUT2D eigenvalue weighted by Gasteiger charge is 2.40. The van der Waals surface area contributed by atoms with Crippen LogP contribution in [0, 0.1) is 6.92 Å². The molecular formula is C24H31Cl2N5O3. The third kappa shape index (κ3) is 5.73. The highest BCUT2D eigenvalue weighted by molar-refractivity contribution is 6.65. The first-order valence-electron chi connectivity index (χ1n) is 11.2. The average Bonchev–Trinajstić information content (AvgIpc) is 2.75. The highest BCUT2D eigenvalue weighted by atomic mass is 35.5. The van der Waals surface area contributed by atoms with Gasteiger partial charge in [0.25, 0.3) is 0 Å². The molecule has 0 radical (unpaired) electrons. The number of urea groups is 1. The number of carbonyl (C=O) groups excluding carboxylic acids is 2. The molecular weight excluding hydrogens is 477 g/mol. The van der Waals surface area contributed by atoms with Crippen molar-refractivity contribution in [2.24, 2.45) is 9.98 Å². The van der Waals surface area contributed by atoms with Gasteiger partial charge in [0.2, 0.25) is 5.29 Å². The van der Waals surface area contributed by atoms with Gasteiger partial charge in [0.1, 0.15) is 11.4 Å². The molecule has 0 saturated carbocycles. The lowest BCUT2D eigenvalue weighted by molar-refractivity contribution is 0.0174. The van der Waals surface area contributed by atoms with Crippen molar-refractivity contribution < 1.29 is 14.3 Å².